The molecule has 8 heteroatoms. The number of H-pyrrole nitrogens is 1. The van der Waals surface area contributed by atoms with Crippen LogP contribution in [-0.4, -0.2) is 42.0 Å². The van der Waals surface area contributed by atoms with Gasteiger partial charge in [-0.05, 0) is 31.9 Å². The lowest BCUT2D eigenvalue weighted by molar-refractivity contribution is 0.163. The number of nitrogens with zero attached hydrogens (tertiary/aromatic N) is 4. The molecule has 0 aliphatic heterocycles. The van der Waals surface area contributed by atoms with Crippen LogP contribution in [0, 0.1) is 6.92 Å². The lowest BCUT2D eigenvalue weighted by Crippen LogP contribution is -2.28. The number of aliphatic hydroxyl groups is 1. The number of aryl methyl sites for hydroxylation is 1. The second kappa shape index (κ2) is 5.92. The van der Waals surface area contributed by atoms with Crippen LogP contribution in [0.4, 0.5) is 0 Å². The minimum Gasteiger partial charge on any atom is -0.391 e. The molecule has 7 nitrogen and oxygen atoms in total. The average molecular weight is 335 g/mol. The van der Waals surface area contributed by atoms with Gasteiger partial charge in [-0.3, -0.25) is 0 Å². The Morgan fingerprint density at radius 1 is 1.26 bits per heavy atom. The minimum absolute atomic E-state index is 0. The fourth-order valence-corrected chi connectivity index (χ4v) is 3.15. The number of imidazole rings is 1. The van der Waals surface area contributed by atoms with Crippen molar-refractivity contribution in [1.82, 2.24) is 24.7 Å². The number of para-hydroxylation sites is 2. The molecule has 2 heterocycles. The molecule has 1 saturated carbocycles. The number of aliphatic hydroxyl groups excluding tert-OH is 1. The maximum absolute atomic E-state index is 9.91. The number of aromatic nitrogens is 5. The van der Waals surface area contributed by atoms with E-state index in [1.807, 2.05) is 31.2 Å². The second-order valence-corrected chi connectivity index (χ2v) is 5.91. The van der Waals surface area contributed by atoms with Crippen LogP contribution >= 0.6 is 12.4 Å². The molecule has 1 fully saturated rings. The van der Waals surface area contributed by atoms with Gasteiger partial charge in [-0.25, -0.2) is 9.97 Å². The molecule has 0 spiro atoms. The Labute approximate surface area is 139 Å². The zero-order chi connectivity index (χ0) is 15.3. The highest BCUT2D eigenvalue weighted by atomic mass is 35.5. The quantitative estimate of drug-likeness (QED) is 0.657. The van der Waals surface area contributed by atoms with Gasteiger partial charge in [0, 0.05) is 12.0 Å². The predicted molar refractivity (Wildman–Crippen MR) is 89.0 cm³/mol. The van der Waals surface area contributed by atoms with E-state index in [0.29, 0.717) is 24.6 Å². The van der Waals surface area contributed by atoms with E-state index in [0.717, 1.165) is 16.9 Å². The van der Waals surface area contributed by atoms with E-state index in [2.05, 4.69) is 20.1 Å². The van der Waals surface area contributed by atoms with E-state index in [1.165, 1.54) is 0 Å². The standard InChI is InChI=1S/C15H18N6O.ClH/c1-8-17-14(9-6-10(16)13(22)7-9)21(20-8)15-18-11-4-2-3-5-12(11)19-15;/h2-5,9-10,13,22H,6-7,16H2,1H3,(H,18,19);1H/t9-,10+,13+;/m0./s1. The summed E-state index contributed by atoms with van der Waals surface area (Å²) in [6.07, 6.45) is 0.838. The van der Waals surface area contributed by atoms with Gasteiger partial charge in [0.25, 0.3) is 0 Å². The van der Waals surface area contributed by atoms with Gasteiger partial charge in [-0.1, -0.05) is 12.1 Å². The molecule has 2 aromatic heterocycles. The van der Waals surface area contributed by atoms with Gasteiger partial charge in [-0.2, -0.15) is 4.68 Å². The summed E-state index contributed by atoms with van der Waals surface area (Å²) in [6, 6.07) is 7.64. The van der Waals surface area contributed by atoms with Crippen LogP contribution in [0.25, 0.3) is 17.0 Å². The lowest BCUT2D eigenvalue weighted by atomic mass is 10.1. The molecule has 23 heavy (non-hydrogen) atoms. The third-order valence-electron chi connectivity index (χ3n) is 4.26. The van der Waals surface area contributed by atoms with Crippen molar-refractivity contribution in [1.29, 1.82) is 0 Å². The SMILES string of the molecule is Cc1nc([C@H]2C[C@@H](N)[C@H](O)C2)n(-c2nc3ccccc3[nH]2)n1.Cl. The maximum Gasteiger partial charge on any atom is 0.230 e. The number of nitrogens with one attached hydrogen (secondary N) is 1. The molecular formula is C15H19ClN6O. The molecule has 1 aromatic carbocycles. The summed E-state index contributed by atoms with van der Waals surface area (Å²) in [7, 11) is 0. The highest BCUT2D eigenvalue weighted by molar-refractivity contribution is 5.85. The predicted octanol–water partition coefficient (Wildman–Crippen LogP) is 1.44. The maximum atomic E-state index is 9.91. The zero-order valence-electron chi connectivity index (χ0n) is 12.7. The normalized spacial score (nSPS) is 24.0. The van der Waals surface area contributed by atoms with Gasteiger partial charge in [0.2, 0.25) is 5.95 Å². The summed E-state index contributed by atoms with van der Waals surface area (Å²) < 4.78 is 1.74. The third kappa shape index (κ3) is 2.71. The van der Waals surface area contributed by atoms with Crippen molar-refractivity contribution >= 4 is 23.4 Å². The Kier molecular flexibility index (Phi) is 4.09. The minimum atomic E-state index is -0.480. The first-order valence-electron chi connectivity index (χ1n) is 7.44. The van der Waals surface area contributed by atoms with E-state index in [1.54, 1.807) is 4.68 Å². The van der Waals surface area contributed by atoms with Gasteiger partial charge in [0.1, 0.15) is 11.6 Å². The Morgan fingerprint density at radius 3 is 2.74 bits per heavy atom. The van der Waals surface area contributed by atoms with E-state index >= 15 is 0 Å². The van der Waals surface area contributed by atoms with Gasteiger partial charge in [0.05, 0.1) is 17.1 Å². The molecule has 3 atom stereocenters. The molecule has 1 aliphatic carbocycles. The lowest BCUT2D eigenvalue weighted by Gasteiger charge is -2.08. The Hall–Kier alpha value is -1.96. The highest BCUT2D eigenvalue weighted by Crippen LogP contribution is 2.33. The first-order valence-corrected chi connectivity index (χ1v) is 7.44. The van der Waals surface area contributed by atoms with Crippen LogP contribution < -0.4 is 5.73 Å². The van der Waals surface area contributed by atoms with Crippen molar-refractivity contribution in [3.05, 3.63) is 35.9 Å². The van der Waals surface area contributed by atoms with Crippen molar-refractivity contribution in [2.45, 2.75) is 37.8 Å². The van der Waals surface area contributed by atoms with Crippen molar-refractivity contribution in [2.24, 2.45) is 5.73 Å². The van der Waals surface area contributed by atoms with Crippen LogP contribution in [0.15, 0.2) is 24.3 Å². The first-order chi connectivity index (χ1) is 10.6. The summed E-state index contributed by atoms with van der Waals surface area (Å²) >= 11 is 0. The van der Waals surface area contributed by atoms with Crippen molar-refractivity contribution < 1.29 is 5.11 Å². The van der Waals surface area contributed by atoms with E-state index in [-0.39, 0.29) is 24.4 Å². The molecule has 1 aliphatic rings. The molecular weight excluding hydrogens is 316 g/mol. The van der Waals surface area contributed by atoms with E-state index in [9.17, 15) is 5.11 Å². The summed E-state index contributed by atoms with van der Waals surface area (Å²) in [5.41, 5.74) is 7.78. The topological polar surface area (TPSA) is 106 Å². The Balaban J connectivity index is 0.00000156. The van der Waals surface area contributed by atoms with E-state index < -0.39 is 6.10 Å². The van der Waals surface area contributed by atoms with Crippen LogP contribution in [0.2, 0.25) is 0 Å². The number of hydrogen-bond donors (Lipinski definition) is 3. The van der Waals surface area contributed by atoms with Gasteiger partial charge < -0.3 is 15.8 Å². The number of benzene rings is 1. The molecule has 3 aromatic rings. The van der Waals surface area contributed by atoms with E-state index in [4.69, 9.17) is 5.73 Å². The summed E-state index contributed by atoms with van der Waals surface area (Å²) in [4.78, 5) is 12.4. The van der Waals surface area contributed by atoms with Crippen LogP contribution in [0.5, 0.6) is 0 Å². The summed E-state index contributed by atoms with van der Waals surface area (Å²) in [6.45, 7) is 1.86. The van der Waals surface area contributed by atoms with Crippen molar-refractivity contribution in [2.75, 3.05) is 0 Å². The molecule has 4 N–H and O–H groups in total. The average Bonchev–Trinajstić information content (AvgIpc) is 3.16. The van der Waals surface area contributed by atoms with Gasteiger partial charge in [0.15, 0.2) is 0 Å². The van der Waals surface area contributed by atoms with Crippen LogP contribution in [0.3, 0.4) is 0 Å². The van der Waals surface area contributed by atoms with Crippen molar-refractivity contribution in [3.8, 4) is 5.95 Å². The summed E-state index contributed by atoms with van der Waals surface area (Å²) in [5, 5.41) is 14.4. The highest BCUT2D eigenvalue weighted by Gasteiger charge is 2.35. The van der Waals surface area contributed by atoms with Gasteiger partial charge in [-0.15, -0.1) is 17.5 Å². The first kappa shape index (κ1) is 15.9. The molecule has 0 radical (unpaired) electrons. The second-order valence-electron chi connectivity index (χ2n) is 5.91. The van der Waals surface area contributed by atoms with Crippen molar-refractivity contribution in [3.63, 3.8) is 0 Å². The number of rotatable bonds is 2. The molecule has 0 saturated heterocycles. The Morgan fingerprint density at radius 2 is 2.04 bits per heavy atom. The monoisotopic (exact) mass is 334 g/mol. The molecule has 0 unspecified atom stereocenters. The molecule has 0 bridgehead atoms. The fourth-order valence-electron chi connectivity index (χ4n) is 3.15. The summed E-state index contributed by atoms with van der Waals surface area (Å²) in [5.74, 6) is 2.24. The third-order valence-corrected chi connectivity index (χ3v) is 4.26. The zero-order valence-corrected chi connectivity index (χ0v) is 13.5. The molecule has 4 rings (SSSR count). The van der Waals surface area contributed by atoms with Gasteiger partial charge >= 0.3 is 0 Å². The number of nitrogens with two attached hydrogens (primary N) is 1. The fraction of sp³-hybridized carbons (Fsp3) is 0.400. The van der Waals surface area contributed by atoms with Crippen LogP contribution in [0.1, 0.15) is 30.4 Å². The number of hydrogen-bond acceptors (Lipinski definition) is 5. The molecule has 122 valence electrons. The largest absolute Gasteiger partial charge is 0.391 e. The Bertz CT molecular complexity index is 785. The number of halogens is 1. The van der Waals surface area contributed by atoms with Crippen LogP contribution in [-0.2, 0) is 0 Å². The molecule has 0 amide bonds. The smallest absolute Gasteiger partial charge is 0.230 e. The number of aromatic amines is 1. The number of fused-ring (bicyclic) bond motifs is 1.